The van der Waals surface area contributed by atoms with Gasteiger partial charge >= 0.3 is 0 Å². The molecule has 0 aromatic carbocycles. The van der Waals surface area contributed by atoms with Gasteiger partial charge in [-0.15, -0.1) is 0 Å². The van der Waals surface area contributed by atoms with Crippen molar-refractivity contribution >= 4 is 0 Å². The van der Waals surface area contributed by atoms with E-state index in [9.17, 15) is 0 Å². The van der Waals surface area contributed by atoms with Gasteiger partial charge in [-0.1, -0.05) is 0 Å². The lowest BCUT2D eigenvalue weighted by Crippen LogP contribution is -2.18. The highest BCUT2D eigenvalue weighted by Crippen LogP contribution is 1.88. The van der Waals surface area contributed by atoms with Crippen LogP contribution in [0.5, 0.6) is 0 Å². The first-order chi connectivity index (χ1) is 5.77. The third kappa shape index (κ3) is 9.88. The minimum atomic E-state index is 0.854. The second kappa shape index (κ2) is 8.97. The topological polar surface area (TPSA) is 24.5 Å². The summed E-state index contributed by atoms with van der Waals surface area (Å²) in [7, 11) is 6.10. The maximum absolute atomic E-state index is 5.42. The fraction of sp³-hybridized carbons (Fsp3) is 1.00. The van der Waals surface area contributed by atoms with Crippen molar-refractivity contribution in [2.45, 2.75) is 12.8 Å². The third-order valence-corrected chi connectivity index (χ3v) is 1.65. The predicted octanol–water partition coefficient (Wildman–Crippen LogP) is 0.564. The lowest BCUT2D eigenvalue weighted by molar-refractivity contribution is 0.114. The fourth-order valence-electron chi connectivity index (χ4n) is 0.855. The molecule has 0 atom stereocenters. The van der Waals surface area contributed by atoms with Crippen LogP contribution >= 0.6 is 0 Å². The predicted molar refractivity (Wildman–Crippen MR) is 52.5 cm³/mol. The molecule has 3 heteroatoms. The van der Waals surface area contributed by atoms with Gasteiger partial charge in [0, 0.05) is 13.2 Å². The third-order valence-electron chi connectivity index (χ3n) is 1.65. The Kier molecular flexibility index (Phi) is 8.88. The molecule has 0 aromatic rings. The van der Waals surface area contributed by atoms with E-state index < -0.39 is 0 Å². The van der Waals surface area contributed by atoms with Crippen LogP contribution in [0.25, 0.3) is 0 Å². The Morgan fingerprint density at radius 2 is 1.92 bits per heavy atom. The number of ether oxygens (including phenoxy) is 1. The summed E-state index contributed by atoms with van der Waals surface area (Å²) in [6.45, 7) is 3.87. The molecule has 0 aliphatic rings. The summed E-state index contributed by atoms with van der Waals surface area (Å²) in [6, 6.07) is 0. The Morgan fingerprint density at radius 3 is 2.50 bits per heavy atom. The van der Waals surface area contributed by atoms with Crippen LogP contribution in [0.1, 0.15) is 12.8 Å². The summed E-state index contributed by atoms with van der Waals surface area (Å²) in [5, 5.41) is 3.11. The molecule has 0 rings (SSSR count). The van der Waals surface area contributed by atoms with Gasteiger partial charge < -0.3 is 15.0 Å². The van der Waals surface area contributed by atoms with Crippen molar-refractivity contribution in [3.63, 3.8) is 0 Å². The molecule has 74 valence electrons. The first kappa shape index (κ1) is 11.9. The number of hydrogen-bond acceptors (Lipinski definition) is 3. The Hall–Kier alpha value is -0.120. The molecule has 0 saturated carbocycles. The number of hydrogen-bond donors (Lipinski definition) is 1. The van der Waals surface area contributed by atoms with E-state index >= 15 is 0 Å². The minimum Gasteiger partial charge on any atom is -0.380 e. The van der Waals surface area contributed by atoms with Gasteiger partial charge in [0.1, 0.15) is 0 Å². The van der Waals surface area contributed by atoms with E-state index in [1.54, 1.807) is 0 Å². The van der Waals surface area contributed by atoms with Crippen molar-refractivity contribution in [3.8, 4) is 0 Å². The van der Waals surface area contributed by atoms with Crippen molar-refractivity contribution in [1.29, 1.82) is 0 Å². The van der Waals surface area contributed by atoms with Gasteiger partial charge in [-0.3, -0.25) is 0 Å². The fourth-order valence-corrected chi connectivity index (χ4v) is 0.855. The van der Waals surface area contributed by atoms with Gasteiger partial charge in [0.15, 0.2) is 0 Å². The summed E-state index contributed by atoms with van der Waals surface area (Å²) in [4.78, 5) is 2.13. The SMILES string of the molecule is CNCCCCOCCN(C)C. The molecule has 0 amide bonds. The lowest BCUT2D eigenvalue weighted by Gasteiger charge is -2.09. The van der Waals surface area contributed by atoms with Crippen LogP contribution in [-0.2, 0) is 4.74 Å². The molecule has 0 heterocycles. The smallest absolute Gasteiger partial charge is 0.0593 e. The number of unbranched alkanes of at least 4 members (excludes halogenated alkanes) is 1. The van der Waals surface area contributed by atoms with E-state index in [1.807, 2.05) is 7.05 Å². The zero-order chi connectivity index (χ0) is 9.23. The van der Waals surface area contributed by atoms with Crippen LogP contribution in [0.3, 0.4) is 0 Å². The van der Waals surface area contributed by atoms with Crippen LogP contribution < -0.4 is 5.32 Å². The molecule has 0 spiro atoms. The number of nitrogens with zero attached hydrogens (tertiary/aromatic N) is 1. The van der Waals surface area contributed by atoms with Crippen molar-refractivity contribution in [1.82, 2.24) is 10.2 Å². The average molecular weight is 174 g/mol. The molecule has 3 nitrogen and oxygen atoms in total. The summed E-state index contributed by atoms with van der Waals surface area (Å²) in [5.41, 5.74) is 0. The Morgan fingerprint density at radius 1 is 1.17 bits per heavy atom. The summed E-state index contributed by atoms with van der Waals surface area (Å²) in [6.07, 6.45) is 2.37. The zero-order valence-electron chi connectivity index (χ0n) is 8.60. The van der Waals surface area contributed by atoms with Crippen LogP contribution in [0.4, 0.5) is 0 Å². The first-order valence-corrected chi connectivity index (χ1v) is 4.64. The van der Waals surface area contributed by atoms with Crippen LogP contribution in [0.15, 0.2) is 0 Å². The molecule has 0 aliphatic carbocycles. The maximum atomic E-state index is 5.42. The largest absolute Gasteiger partial charge is 0.380 e. The summed E-state index contributed by atoms with van der Waals surface area (Å²) < 4.78 is 5.42. The van der Waals surface area contributed by atoms with Gasteiger partial charge in [0.2, 0.25) is 0 Å². The molecular formula is C9H22N2O. The molecule has 0 unspecified atom stereocenters. The van der Waals surface area contributed by atoms with E-state index in [2.05, 4.69) is 24.3 Å². The van der Waals surface area contributed by atoms with Gasteiger partial charge in [-0.25, -0.2) is 0 Å². The maximum Gasteiger partial charge on any atom is 0.0593 e. The van der Waals surface area contributed by atoms with Crippen LogP contribution in [0.2, 0.25) is 0 Å². The molecule has 0 fully saturated rings. The molecule has 1 N–H and O–H groups in total. The molecule has 0 radical (unpaired) electrons. The normalized spacial score (nSPS) is 11.0. The van der Waals surface area contributed by atoms with E-state index in [0.29, 0.717) is 0 Å². The summed E-state index contributed by atoms with van der Waals surface area (Å²) >= 11 is 0. The van der Waals surface area contributed by atoms with Gasteiger partial charge in [-0.05, 0) is 40.5 Å². The van der Waals surface area contributed by atoms with Gasteiger partial charge in [-0.2, -0.15) is 0 Å². The monoisotopic (exact) mass is 174 g/mol. The highest BCUT2D eigenvalue weighted by Gasteiger charge is 1.90. The Bertz CT molecular complexity index is 86.6. The highest BCUT2D eigenvalue weighted by atomic mass is 16.5. The average Bonchev–Trinajstić information content (AvgIpc) is 2.02. The molecule has 12 heavy (non-hydrogen) atoms. The number of likely N-dealkylation sites (N-methyl/N-ethyl adjacent to an activating group) is 1. The second-order valence-electron chi connectivity index (χ2n) is 3.23. The van der Waals surface area contributed by atoms with E-state index in [1.165, 1.54) is 6.42 Å². The standard InChI is InChI=1S/C9H22N2O/c1-10-6-4-5-8-12-9-7-11(2)3/h10H,4-9H2,1-3H3. The minimum absolute atomic E-state index is 0.854. The molecule has 0 aliphatic heterocycles. The highest BCUT2D eigenvalue weighted by molar-refractivity contribution is 4.43. The van der Waals surface area contributed by atoms with E-state index in [4.69, 9.17) is 4.74 Å². The Labute approximate surface area is 76.1 Å². The Balaban J connectivity index is 2.82. The molecule has 0 bridgehead atoms. The van der Waals surface area contributed by atoms with E-state index in [-0.39, 0.29) is 0 Å². The number of nitrogens with one attached hydrogen (secondary N) is 1. The van der Waals surface area contributed by atoms with Crippen molar-refractivity contribution in [2.75, 3.05) is 47.4 Å². The zero-order valence-corrected chi connectivity index (χ0v) is 8.60. The van der Waals surface area contributed by atoms with Crippen LogP contribution in [-0.4, -0.2) is 52.3 Å². The lowest BCUT2D eigenvalue weighted by atomic mass is 10.3. The van der Waals surface area contributed by atoms with Crippen LogP contribution in [0, 0.1) is 0 Å². The number of rotatable bonds is 8. The molecule has 0 aromatic heterocycles. The molecule has 0 saturated heterocycles. The van der Waals surface area contributed by atoms with Gasteiger partial charge in [0.05, 0.1) is 6.61 Å². The van der Waals surface area contributed by atoms with E-state index in [0.717, 1.165) is 32.7 Å². The van der Waals surface area contributed by atoms with Crippen molar-refractivity contribution in [2.24, 2.45) is 0 Å². The van der Waals surface area contributed by atoms with Crippen molar-refractivity contribution < 1.29 is 4.74 Å². The van der Waals surface area contributed by atoms with Crippen molar-refractivity contribution in [3.05, 3.63) is 0 Å². The second-order valence-corrected chi connectivity index (χ2v) is 3.23. The van der Waals surface area contributed by atoms with Gasteiger partial charge in [0.25, 0.3) is 0 Å². The molecular weight excluding hydrogens is 152 g/mol. The first-order valence-electron chi connectivity index (χ1n) is 4.64. The summed E-state index contributed by atoms with van der Waals surface area (Å²) in [5.74, 6) is 0. The quantitative estimate of drug-likeness (QED) is 0.544.